The molecule has 0 bridgehead atoms. The van der Waals surface area contributed by atoms with Gasteiger partial charge in [-0.2, -0.15) is 0 Å². The van der Waals surface area contributed by atoms with Crippen molar-refractivity contribution in [3.63, 3.8) is 0 Å². The zero-order chi connectivity index (χ0) is 15.3. The zero-order valence-corrected chi connectivity index (χ0v) is 13.1. The van der Waals surface area contributed by atoms with Crippen LogP contribution < -0.4 is 0 Å². The van der Waals surface area contributed by atoms with E-state index in [4.69, 9.17) is 11.2 Å². The van der Waals surface area contributed by atoms with Gasteiger partial charge in [0.2, 0.25) is 0 Å². The molecule has 0 N–H and O–H groups in total. The maximum Gasteiger partial charge on any atom is 0.338 e. The van der Waals surface area contributed by atoms with Crippen LogP contribution in [0.5, 0.6) is 0 Å². The lowest BCUT2D eigenvalue weighted by molar-refractivity contribution is -0.000548. The summed E-state index contributed by atoms with van der Waals surface area (Å²) in [6, 6.07) is 6.57. The van der Waals surface area contributed by atoms with E-state index in [1.165, 1.54) is 0 Å². The summed E-state index contributed by atoms with van der Waals surface area (Å²) < 4.78 is 16.8. The van der Waals surface area contributed by atoms with E-state index in [-0.39, 0.29) is 11.5 Å². The Morgan fingerprint density at radius 3 is 2.30 bits per heavy atom. The molecule has 1 aromatic carbocycles. The molecule has 0 aliphatic heterocycles. The van der Waals surface area contributed by atoms with E-state index in [0.717, 1.165) is 0 Å². The largest absolute Gasteiger partial charge is 0.457 e. The molecule has 0 saturated carbocycles. The van der Waals surface area contributed by atoms with Crippen molar-refractivity contribution >= 4 is 16.8 Å². The van der Waals surface area contributed by atoms with E-state index in [2.05, 4.69) is 5.92 Å². The first kappa shape index (κ1) is 16.5. The quantitative estimate of drug-likeness (QED) is 0.633. The zero-order valence-electron chi connectivity index (χ0n) is 12.3. The van der Waals surface area contributed by atoms with Crippen molar-refractivity contribution in [1.29, 1.82) is 0 Å². The van der Waals surface area contributed by atoms with E-state index >= 15 is 0 Å². The van der Waals surface area contributed by atoms with Crippen LogP contribution in [0, 0.1) is 17.8 Å². The second-order valence-electron chi connectivity index (χ2n) is 5.65. The molecule has 1 rings (SSSR count). The lowest BCUT2D eigenvalue weighted by Crippen LogP contribution is -2.31. The molecule has 0 unspecified atom stereocenters. The van der Waals surface area contributed by atoms with Crippen LogP contribution in [0.3, 0.4) is 0 Å². The molecule has 0 heterocycles. The molecule has 0 fully saturated rings. The molecule has 0 aromatic heterocycles. The first-order valence-corrected chi connectivity index (χ1v) is 7.89. The Morgan fingerprint density at radius 2 is 1.90 bits per heavy atom. The Labute approximate surface area is 123 Å². The number of ether oxygens (including phenoxy) is 1. The van der Waals surface area contributed by atoms with Crippen LogP contribution in [0.15, 0.2) is 29.2 Å². The lowest BCUT2D eigenvalue weighted by atomic mass is 9.87. The van der Waals surface area contributed by atoms with Crippen LogP contribution in [-0.4, -0.2) is 22.5 Å². The molecule has 3 nitrogen and oxygen atoms in total. The molecule has 0 saturated heterocycles. The Hall–Kier alpha value is -1.60. The van der Waals surface area contributed by atoms with Gasteiger partial charge in [0, 0.05) is 28.4 Å². The first-order chi connectivity index (χ1) is 9.25. The van der Waals surface area contributed by atoms with Gasteiger partial charge in [0.15, 0.2) is 0 Å². The van der Waals surface area contributed by atoms with Crippen molar-refractivity contribution in [2.24, 2.45) is 5.41 Å². The standard InChI is InChI=1S/C16H20O3S/c1-6-7-14(16(2,3)4)19-15(17)12-8-10-13(11-9-12)20(5)18/h1,8-11,14H,7H2,2-5H3/t14-,20-/m0/s1. The monoisotopic (exact) mass is 292 g/mol. The predicted octanol–water partition coefficient (Wildman–Crippen LogP) is 3.02. The predicted molar refractivity (Wildman–Crippen MR) is 80.9 cm³/mol. The van der Waals surface area contributed by atoms with E-state index < -0.39 is 16.8 Å². The van der Waals surface area contributed by atoms with Crippen LogP contribution in [0.1, 0.15) is 37.6 Å². The minimum absolute atomic E-state index is 0.215. The van der Waals surface area contributed by atoms with Gasteiger partial charge in [-0.05, 0) is 29.7 Å². The lowest BCUT2D eigenvalue weighted by Gasteiger charge is -2.28. The van der Waals surface area contributed by atoms with Crippen molar-refractivity contribution in [3.05, 3.63) is 29.8 Å². The van der Waals surface area contributed by atoms with Crippen LogP contribution in [0.2, 0.25) is 0 Å². The number of rotatable bonds is 4. The number of carbonyl (C=O) groups excluding carboxylic acids is 1. The second kappa shape index (κ2) is 6.71. The van der Waals surface area contributed by atoms with Crippen molar-refractivity contribution in [1.82, 2.24) is 0 Å². The van der Waals surface area contributed by atoms with Gasteiger partial charge in [-0.1, -0.05) is 20.8 Å². The van der Waals surface area contributed by atoms with Crippen LogP contribution >= 0.6 is 0 Å². The van der Waals surface area contributed by atoms with E-state index in [0.29, 0.717) is 16.9 Å². The molecular formula is C16H20O3S. The number of terminal acetylenes is 1. The van der Waals surface area contributed by atoms with Gasteiger partial charge in [0.25, 0.3) is 0 Å². The summed E-state index contributed by atoms with van der Waals surface area (Å²) in [5, 5.41) is 0. The normalized spacial score (nSPS) is 14.2. The summed E-state index contributed by atoms with van der Waals surface area (Å²) in [6.45, 7) is 5.93. The fourth-order valence-electron chi connectivity index (χ4n) is 1.61. The summed E-state index contributed by atoms with van der Waals surface area (Å²) in [5.74, 6) is 2.13. The molecule has 1 aromatic rings. The molecule has 0 amide bonds. The number of esters is 1. The SMILES string of the molecule is C#CC[C@H](OC(=O)c1ccc([S@](C)=O)cc1)C(C)(C)C. The summed E-state index contributed by atoms with van der Waals surface area (Å²) in [6.07, 6.45) is 6.96. The summed E-state index contributed by atoms with van der Waals surface area (Å²) >= 11 is 0. The average molecular weight is 292 g/mol. The molecule has 0 radical (unpaired) electrons. The van der Waals surface area contributed by atoms with Gasteiger partial charge in [0.05, 0.1) is 5.56 Å². The molecule has 2 atom stereocenters. The maximum absolute atomic E-state index is 12.1. The highest BCUT2D eigenvalue weighted by Gasteiger charge is 2.28. The number of carbonyl (C=O) groups is 1. The maximum atomic E-state index is 12.1. The van der Waals surface area contributed by atoms with Crippen LogP contribution in [0.4, 0.5) is 0 Å². The fraction of sp³-hybridized carbons (Fsp3) is 0.438. The molecule has 108 valence electrons. The number of hydrogen-bond acceptors (Lipinski definition) is 3. The van der Waals surface area contributed by atoms with Crippen molar-refractivity contribution in [2.75, 3.05) is 6.26 Å². The molecular weight excluding hydrogens is 272 g/mol. The molecule has 20 heavy (non-hydrogen) atoms. The minimum atomic E-state index is -1.06. The van der Waals surface area contributed by atoms with E-state index in [1.54, 1.807) is 30.5 Å². The summed E-state index contributed by atoms with van der Waals surface area (Å²) in [4.78, 5) is 12.8. The highest BCUT2D eigenvalue weighted by Crippen LogP contribution is 2.25. The molecule has 4 heteroatoms. The highest BCUT2D eigenvalue weighted by molar-refractivity contribution is 7.84. The third-order valence-electron chi connectivity index (χ3n) is 2.94. The van der Waals surface area contributed by atoms with E-state index in [9.17, 15) is 9.00 Å². The molecule has 0 aliphatic rings. The third-order valence-corrected chi connectivity index (χ3v) is 3.88. The van der Waals surface area contributed by atoms with Gasteiger partial charge in [0.1, 0.15) is 6.10 Å². The Kier molecular flexibility index (Phi) is 5.52. The number of benzene rings is 1. The Morgan fingerprint density at radius 1 is 1.35 bits per heavy atom. The second-order valence-corrected chi connectivity index (χ2v) is 7.03. The smallest absolute Gasteiger partial charge is 0.338 e. The number of hydrogen-bond donors (Lipinski definition) is 0. The Balaban J connectivity index is 2.84. The minimum Gasteiger partial charge on any atom is -0.457 e. The van der Waals surface area contributed by atoms with Crippen LogP contribution in [-0.2, 0) is 15.5 Å². The first-order valence-electron chi connectivity index (χ1n) is 6.33. The fourth-order valence-corrected chi connectivity index (χ4v) is 2.13. The van der Waals surface area contributed by atoms with Gasteiger partial charge < -0.3 is 4.74 Å². The van der Waals surface area contributed by atoms with Gasteiger partial charge in [-0.25, -0.2) is 4.79 Å². The topological polar surface area (TPSA) is 43.4 Å². The van der Waals surface area contributed by atoms with Gasteiger partial charge in [-0.3, -0.25) is 4.21 Å². The van der Waals surface area contributed by atoms with Crippen molar-refractivity contribution in [3.8, 4) is 12.3 Å². The summed E-state index contributed by atoms with van der Waals surface area (Å²) in [7, 11) is -1.06. The Bertz CT molecular complexity index is 532. The highest BCUT2D eigenvalue weighted by atomic mass is 32.2. The third kappa shape index (κ3) is 4.50. The van der Waals surface area contributed by atoms with E-state index in [1.807, 2.05) is 20.8 Å². The van der Waals surface area contributed by atoms with Crippen LogP contribution in [0.25, 0.3) is 0 Å². The molecule has 0 spiro atoms. The summed E-state index contributed by atoms with van der Waals surface area (Å²) in [5.41, 5.74) is 0.220. The van der Waals surface area contributed by atoms with Crippen molar-refractivity contribution in [2.45, 2.75) is 38.2 Å². The van der Waals surface area contributed by atoms with Crippen molar-refractivity contribution < 1.29 is 13.7 Å². The molecule has 0 aliphatic carbocycles. The van der Waals surface area contributed by atoms with Gasteiger partial charge in [-0.15, -0.1) is 12.3 Å². The van der Waals surface area contributed by atoms with Gasteiger partial charge >= 0.3 is 5.97 Å². The average Bonchev–Trinajstić information content (AvgIpc) is 2.37.